The predicted octanol–water partition coefficient (Wildman–Crippen LogP) is 2.82. The molecule has 0 aromatic carbocycles. The van der Waals surface area contributed by atoms with Crippen LogP contribution >= 0.6 is 0 Å². The first kappa shape index (κ1) is 14.5. The molecule has 1 unspecified atom stereocenters. The van der Waals surface area contributed by atoms with E-state index in [1.165, 1.54) is 0 Å². The van der Waals surface area contributed by atoms with E-state index < -0.39 is 0 Å². The quantitative estimate of drug-likeness (QED) is 0.781. The molecule has 2 N–H and O–H groups in total. The Labute approximate surface area is 109 Å². The molecule has 1 amide bonds. The third-order valence-electron chi connectivity index (χ3n) is 2.69. The van der Waals surface area contributed by atoms with E-state index in [4.69, 9.17) is 0 Å². The lowest BCUT2D eigenvalue weighted by molar-refractivity contribution is 0.0939. The van der Waals surface area contributed by atoms with Gasteiger partial charge in [-0.15, -0.1) is 0 Å². The van der Waals surface area contributed by atoms with Crippen LogP contribution in [0.5, 0.6) is 0 Å². The number of nitrogens with one attached hydrogen (secondary N) is 2. The molecule has 0 spiro atoms. The minimum Gasteiger partial charge on any atom is -0.369 e. The molecule has 1 rings (SSSR count). The maximum Gasteiger partial charge on any atom is 0.255 e. The molecule has 1 atom stereocenters. The summed E-state index contributed by atoms with van der Waals surface area (Å²) < 4.78 is 0. The van der Waals surface area contributed by atoms with Crippen LogP contribution in [0.3, 0.4) is 0 Å². The van der Waals surface area contributed by atoms with Gasteiger partial charge in [-0.3, -0.25) is 4.79 Å². The second kappa shape index (κ2) is 7.69. The first-order valence-electron chi connectivity index (χ1n) is 6.68. The van der Waals surface area contributed by atoms with Crippen LogP contribution in [-0.4, -0.2) is 23.5 Å². The number of rotatable bonds is 7. The molecule has 0 aliphatic rings. The van der Waals surface area contributed by atoms with Crippen LogP contribution in [-0.2, 0) is 0 Å². The van der Waals surface area contributed by atoms with Gasteiger partial charge in [-0.2, -0.15) is 0 Å². The van der Waals surface area contributed by atoms with Crippen LogP contribution < -0.4 is 10.6 Å². The third-order valence-corrected chi connectivity index (χ3v) is 2.69. The van der Waals surface area contributed by atoms with Gasteiger partial charge in [-0.05, 0) is 31.9 Å². The van der Waals surface area contributed by atoms with Crippen molar-refractivity contribution in [3.05, 3.63) is 23.9 Å². The van der Waals surface area contributed by atoms with Crippen molar-refractivity contribution in [1.29, 1.82) is 0 Å². The molecule has 4 heteroatoms. The summed E-state index contributed by atoms with van der Waals surface area (Å²) in [5.41, 5.74) is 0.619. The minimum absolute atomic E-state index is 0.0531. The Hall–Kier alpha value is -1.58. The Kier molecular flexibility index (Phi) is 6.19. The van der Waals surface area contributed by atoms with Crippen LogP contribution in [0.25, 0.3) is 0 Å². The fourth-order valence-electron chi connectivity index (χ4n) is 1.78. The van der Waals surface area contributed by atoms with Crippen LogP contribution in [0.4, 0.5) is 5.82 Å². The van der Waals surface area contributed by atoms with Crippen LogP contribution in [0.15, 0.2) is 18.3 Å². The summed E-state index contributed by atoms with van der Waals surface area (Å²) in [6.07, 6.45) is 4.76. The topological polar surface area (TPSA) is 54.0 Å². The zero-order chi connectivity index (χ0) is 13.4. The number of nitrogens with zero attached hydrogens (tertiary/aromatic N) is 1. The van der Waals surface area contributed by atoms with Crippen molar-refractivity contribution in [3.63, 3.8) is 0 Å². The van der Waals surface area contributed by atoms with E-state index in [0.717, 1.165) is 25.8 Å². The van der Waals surface area contributed by atoms with Crippen molar-refractivity contribution in [2.75, 3.05) is 11.9 Å². The molecule has 1 aromatic rings. The molecule has 0 fully saturated rings. The van der Waals surface area contributed by atoms with Gasteiger partial charge in [0, 0.05) is 18.8 Å². The first-order chi connectivity index (χ1) is 8.69. The molecule has 100 valence electrons. The van der Waals surface area contributed by atoms with E-state index in [-0.39, 0.29) is 11.9 Å². The van der Waals surface area contributed by atoms with Gasteiger partial charge in [0.1, 0.15) is 5.82 Å². The van der Waals surface area contributed by atoms with Crippen LogP contribution in [0, 0.1) is 0 Å². The summed E-state index contributed by atoms with van der Waals surface area (Å²) in [7, 11) is 0. The average Bonchev–Trinajstić information content (AvgIpc) is 2.36. The normalized spacial score (nSPS) is 11.9. The van der Waals surface area contributed by atoms with Gasteiger partial charge in [0.05, 0.1) is 5.56 Å². The van der Waals surface area contributed by atoms with E-state index in [0.29, 0.717) is 11.4 Å². The number of aromatic nitrogens is 1. The molecule has 0 aliphatic carbocycles. The highest BCUT2D eigenvalue weighted by Crippen LogP contribution is 2.12. The SMILES string of the molecule is CCCNc1ncccc1C(=O)NC(C)CCC. The lowest BCUT2D eigenvalue weighted by Crippen LogP contribution is -2.33. The van der Waals surface area contributed by atoms with Crippen LogP contribution in [0.2, 0.25) is 0 Å². The highest BCUT2D eigenvalue weighted by molar-refractivity contribution is 5.98. The van der Waals surface area contributed by atoms with Crippen LogP contribution in [0.1, 0.15) is 50.4 Å². The summed E-state index contributed by atoms with van der Waals surface area (Å²) in [4.78, 5) is 16.3. The molecule has 4 nitrogen and oxygen atoms in total. The second-order valence-electron chi connectivity index (χ2n) is 4.49. The van der Waals surface area contributed by atoms with Crippen molar-refractivity contribution in [1.82, 2.24) is 10.3 Å². The average molecular weight is 249 g/mol. The van der Waals surface area contributed by atoms with Crippen molar-refractivity contribution >= 4 is 11.7 Å². The minimum atomic E-state index is -0.0531. The van der Waals surface area contributed by atoms with Gasteiger partial charge in [-0.25, -0.2) is 4.98 Å². The molecule has 0 aliphatic heterocycles. The Morgan fingerprint density at radius 3 is 2.83 bits per heavy atom. The Bertz CT molecular complexity index is 379. The lowest BCUT2D eigenvalue weighted by atomic mass is 10.1. The van der Waals surface area contributed by atoms with Crippen molar-refractivity contribution in [3.8, 4) is 0 Å². The molecule has 0 radical (unpaired) electrons. The summed E-state index contributed by atoms with van der Waals surface area (Å²) in [6, 6.07) is 3.79. The summed E-state index contributed by atoms with van der Waals surface area (Å²) in [6.45, 7) is 7.04. The van der Waals surface area contributed by atoms with Gasteiger partial charge in [-0.1, -0.05) is 20.3 Å². The Morgan fingerprint density at radius 2 is 2.17 bits per heavy atom. The largest absolute Gasteiger partial charge is 0.369 e. The molecule has 1 heterocycles. The van der Waals surface area contributed by atoms with Crippen molar-refractivity contribution in [2.24, 2.45) is 0 Å². The van der Waals surface area contributed by atoms with E-state index in [1.54, 1.807) is 18.3 Å². The number of pyridine rings is 1. The summed E-state index contributed by atoms with van der Waals surface area (Å²) in [5, 5.41) is 6.17. The third kappa shape index (κ3) is 4.35. The number of carbonyl (C=O) groups is 1. The van der Waals surface area contributed by atoms with Gasteiger partial charge in [0.2, 0.25) is 0 Å². The Balaban J connectivity index is 2.71. The van der Waals surface area contributed by atoms with E-state index in [1.807, 2.05) is 6.92 Å². The molecular formula is C14H23N3O. The monoisotopic (exact) mass is 249 g/mol. The highest BCUT2D eigenvalue weighted by Gasteiger charge is 2.13. The number of amides is 1. The second-order valence-corrected chi connectivity index (χ2v) is 4.49. The smallest absolute Gasteiger partial charge is 0.255 e. The standard InChI is InChI=1S/C14H23N3O/c1-4-7-11(3)17-14(18)12-8-6-10-16-13(12)15-9-5-2/h6,8,10-11H,4-5,7,9H2,1-3H3,(H,15,16)(H,17,18). The summed E-state index contributed by atoms with van der Waals surface area (Å²) in [5.74, 6) is 0.614. The molecule has 0 saturated heterocycles. The van der Waals surface area contributed by atoms with Gasteiger partial charge >= 0.3 is 0 Å². The number of hydrogen-bond acceptors (Lipinski definition) is 3. The number of carbonyl (C=O) groups excluding carboxylic acids is 1. The van der Waals surface area contributed by atoms with E-state index >= 15 is 0 Å². The summed E-state index contributed by atoms with van der Waals surface area (Å²) >= 11 is 0. The van der Waals surface area contributed by atoms with Gasteiger partial charge in [0.15, 0.2) is 0 Å². The first-order valence-corrected chi connectivity index (χ1v) is 6.68. The number of anilines is 1. The predicted molar refractivity (Wildman–Crippen MR) is 74.9 cm³/mol. The zero-order valence-electron chi connectivity index (χ0n) is 11.5. The molecule has 0 bridgehead atoms. The maximum atomic E-state index is 12.1. The maximum absolute atomic E-state index is 12.1. The van der Waals surface area contributed by atoms with E-state index in [9.17, 15) is 4.79 Å². The highest BCUT2D eigenvalue weighted by atomic mass is 16.1. The van der Waals surface area contributed by atoms with Crippen molar-refractivity contribution in [2.45, 2.75) is 46.1 Å². The molecule has 18 heavy (non-hydrogen) atoms. The number of hydrogen-bond donors (Lipinski definition) is 2. The van der Waals surface area contributed by atoms with Gasteiger partial charge in [0.25, 0.3) is 5.91 Å². The van der Waals surface area contributed by atoms with Crippen molar-refractivity contribution < 1.29 is 4.79 Å². The van der Waals surface area contributed by atoms with E-state index in [2.05, 4.69) is 29.5 Å². The fourth-order valence-corrected chi connectivity index (χ4v) is 1.78. The van der Waals surface area contributed by atoms with Gasteiger partial charge < -0.3 is 10.6 Å². The molecular weight excluding hydrogens is 226 g/mol. The Morgan fingerprint density at radius 1 is 1.39 bits per heavy atom. The zero-order valence-corrected chi connectivity index (χ0v) is 11.5. The fraction of sp³-hybridized carbons (Fsp3) is 0.571. The molecule has 0 saturated carbocycles. The molecule has 1 aromatic heterocycles. The lowest BCUT2D eigenvalue weighted by Gasteiger charge is -2.14.